The Hall–Kier alpha value is -3.01. The minimum atomic E-state index is -4.62. The van der Waals surface area contributed by atoms with Crippen LogP contribution < -0.4 is 10.6 Å². The molecule has 4 rings (SSSR count). The number of fused-ring (bicyclic) bond motifs is 1. The molecule has 1 aliphatic rings. The van der Waals surface area contributed by atoms with E-state index >= 15 is 0 Å². The number of carbonyl (C=O) groups is 1. The number of nitrogens with zero attached hydrogens (tertiary/aromatic N) is 3. The first-order chi connectivity index (χ1) is 15.4. The van der Waals surface area contributed by atoms with Crippen molar-refractivity contribution in [3.8, 4) is 0 Å². The molecule has 0 radical (unpaired) electrons. The molecular formula is C22H22F3N5OS. The van der Waals surface area contributed by atoms with E-state index in [1.807, 2.05) is 35.9 Å². The van der Waals surface area contributed by atoms with Crippen LogP contribution >= 0.6 is 11.8 Å². The second-order valence-electron chi connectivity index (χ2n) is 7.53. The van der Waals surface area contributed by atoms with Crippen LogP contribution in [0.1, 0.15) is 34.6 Å². The second kappa shape index (κ2) is 9.23. The maximum absolute atomic E-state index is 13.3. The number of rotatable bonds is 8. The Bertz CT molecular complexity index is 1140. The van der Waals surface area contributed by atoms with Crippen LogP contribution in [0.15, 0.2) is 54.1 Å². The average Bonchev–Trinajstić information content (AvgIpc) is 3.50. The van der Waals surface area contributed by atoms with Crippen molar-refractivity contribution in [2.75, 3.05) is 11.6 Å². The highest BCUT2D eigenvalue weighted by molar-refractivity contribution is 8.01. The van der Waals surface area contributed by atoms with Crippen LogP contribution in [0.5, 0.6) is 0 Å². The lowest BCUT2D eigenvalue weighted by atomic mass is 10.1. The van der Waals surface area contributed by atoms with Gasteiger partial charge in [-0.1, -0.05) is 12.1 Å². The van der Waals surface area contributed by atoms with Crippen molar-refractivity contribution in [1.82, 2.24) is 19.9 Å². The molecular weight excluding hydrogens is 439 g/mol. The lowest BCUT2D eigenvalue weighted by Gasteiger charge is -2.18. The average molecular weight is 462 g/mol. The highest BCUT2D eigenvalue weighted by Gasteiger charge is 2.35. The number of hydrogen-bond donors (Lipinski definition) is 2. The minimum absolute atomic E-state index is 0.0637. The molecule has 168 valence electrons. The number of alkyl halides is 3. The summed E-state index contributed by atoms with van der Waals surface area (Å²) >= 11 is 1.52. The Morgan fingerprint density at radius 2 is 2.09 bits per heavy atom. The molecule has 2 N–H and O–H groups in total. The molecule has 0 aromatic carbocycles. The van der Waals surface area contributed by atoms with Gasteiger partial charge in [0.05, 0.1) is 29.4 Å². The zero-order chi connectivity index (χ0) is 22.7. The van der Waals surface area contributed by atoms with Gasteiger partial charge in [-0.15, -0.1) is 11.8 Å². The summed E-state index contributed by atoms with van der Waals surface area (Å²) in [6, 6.07) is 9.17. The Morgan fingerprint density at radius 3 is 2.81 bits per heavy atom. The predicted octanol–water partition coefficient (Wildman–Crippen LogP) is 4.75. The molecule has 6 nitrogen and oxygen atoms in total. The maximum atomic E-state index is 13.3. The van der Waals surface area contributed by atoms with Gasteiger partial charge in [-0.05, 0) is 60.8 Å². The quantitative estimate of drug-likeness (QED) is 0.507. The van der Waals surface area contributed by atoms with Crippen molar-refractivity contribution in [3.05, 3.63) is 71.0 Å². The SMILES string of the molecule is CS/C=C/[C@@H](NC(=O)c1ccc(C(F)(F)F)nc1NCc1cccc2ccnn12)C1CC1. The molecule has 1 amide bonds. The number of amides is 1. The summed E-state index contributed by atoms with van der Waals surface area (Å²) in [5.74, 6) is -0.239. The van der Waals surface area contributed by atoms with Crippen molar-refractivity contribution in [2.24, 2.45) is 5.92 Å². The van der Waals surface area contributed by atoms with Crippen molar-refractivity contribution < 1.29 is 18.0 Å². The van der Waals surface area contributed by atoms with Gasteiger partial charge in [-0.25, -0.2) is 9.50 Å². The monoisotopic (exact) mass is 461 g/mol. The molecule has 3 aromatic heterocycles. The van der Waals surface area contributed by atoms with Gasteiger partial charge in [0.1, 0.15) is 11.5 Å². The van der Waals surface area contributed by atoms with Gasteiger partial charge in [0.15, 0.2) is 0 Å². The van der Waals surface area contributed by atoms with Crippen molar-refractivity contribution in [1.29, 1.82) is 0 Å². The largest absolute Gasteiger partial charge is 0.433 e. The highest BCUT2D eigenvalue weighted by Crippen LogP contribution is 2.34. The summed E-state index contributed by atoms with van der Waals surface area (Å²) in [6.07, 6.45) is 2.88. The van der Waals surface area contributed by atoms with Gasteiger partial charge in [-0.2, -0.15) is 18.3 Å². The Balaban J connectivity index is 1.60. The van der Waals surface area contributed by atoms with E-state index in [1.54, 1.807) is 16.8 Å². The van der Waals surface area contributed by atoms with Crippen molar-refractivity contribution >= 4 is 29.0 Å². The highest BCUT2D eigenvalue weighted by atomic mass is 32.2. The lowest BCUT2D eigenvalue weighted by molar-refractivity contribution is -0.141. The van der Waals surface area contributed by atoms with Crippen LogP contribution in [0, 0.1) is 5.92 Å². The number of carbonyl (C=O) groups excluding carboxylic acids is 1. The normalized spacial score (nSPS) is 15.2. The fourth-order valence-electron chi connectivity index (χ4n) is 3.42. The van der Waals surface area contributed by atoms with Crippen LogP contribution in [0.3, 0.4) is 0 Å². The van der Waals surface area contributed by atoms with Crippen LogP contribution in [0.2, 0.25) is 0 Å². The number of aromatic nitrogens is 3. The molecule has 3 aromatic rings. The van der Waals surface area contributed by atoms with E-state index in [0.29, 0.717) is 5.92 Å². The smallest absolute Gasteiger partial charge is 0.364 e. The van der Waals surface area contributed by atoms with Crippen LogP contribution in [-0.4, -0.2) is 32.8 Å². The van der Waals surface area contributed by atoms with Crippen LogP contribution in [0.4, 0.5) is 19.0 Å². The van der Waals surface area contributed by atoms with Crippen molar-refractivity contribution in [3.63, 3.8) is 0 Å². The molecule has 0 bridgehead atoms. The molecule has 0 spiro atoms. The second-order valence-corrected chi connectivity index (χ2v) is 8.27. The first-order valence-electron chi connectivity index (χ1n) is 10.1. The molecule has 32 heavy (non-hydrogen) atoms. The Labute approximate surface area is 187 Å². The minimum Gasteiger partial charge on any atom is -0.364 e. The number of anilines is 1. The van der Waals surface area contributed by atoms with Gasteiger partial charge in [0.25, 0.3) is 5.91 Å². The topological polar surface area (TPSA) is 71.3 Å². The van der Waals surface area contributed by atoms with E-state index < -0.39 is 17.8 Å². The summed E-state index contributed by atoms with van der Waals surface area (Å²) < 4.78 is 41.5. The lowest BCUT2D eigenvalue weighted by Crippen LogP contribution is -2.35. The zero-order valence-electron chi connectivity index (χ0n) is 17.3. The van der Waals surface area contributed by atoms with E-state index in [1.165, 1.54) is 17.8 Å². The molecule has 0 aliphatic heterocycles. The third-order valence-corrected chi connectivity index (χ3v) is 5.65. The molecule has 0 unspecified atom stereocenters. The first-order valence-corrected chi connectivity index (χ1v) is 11.4. The zero-order valence-corrected chi connectivity index (χ0v) is 18.1. The van der Waals surface area contributed by atoms with Crippen LogP contribution in [-0.2, 0) is 12.7 Å². The molecule has 10 heteroatoms. The fraction of sp³-hybridized carbons (Fsp3) is 0.318. The summed E-state index contributed by atoms with van der Waals surface area (Å²) in [7, 11) is 0. The number of nitrogens with one attached hydrogen (secondary N) is 2. The Morgan fingerprint density at radius 1 is 1.28 bits per heavy atom. The molecule has 1 saturated carbocycles. The van der Waals surface area contributed by atoms with Crippen LogP contribution in [0.25, 0.3) is 5.52 Å². The summed E-state index contributed by atoms with van der Waals surface area (Å²) in [4.78, 5) is 16.7. The third kappa shape index (κ3) is 5.07. The number of thioether (sulfide) groups is 1. The van der Waals surface area contributed by atoms with E-state index in [0.717, 1.165) is 30.1 Å². The van der Waals surface area contributed by atoms with E-state index in [-0.39, 0.29) is 24.0 Å². The molecule has 1 atom stereocenters. The summed E-state index contributed by atoms with van der Waals surface area (Å²) in [6.45, 7) is 0.145. The molecule has 0 saturated heterocycles. The number of hydrogen-bond acceptors (Lipinski definition) is 5. The van der Waals surface area contributed by atoms with Gasteiger partial charge in [0, 0.05) is 6.20 Å². The van der Waals surface area contributed by atoms with Gasteiger partial charge < -0.3 is 10.6 Å². The van der Waals surface area contributed by atoms with E-state index in [4.69, 9.17) is 0 Å². The summed E-state index contributed by atoms with van der Waals surface area (Å²) in [5.41, 5.74) is 0.577. The Kier molecular flexibility index (Phi) is 6.40. The third-order valence-electron chi connectivity index (χ3n) is 5.22. The van der Waals surface area contributed by atoms with Gasteiger partial charge in [0.2, 0.25) is 0 Å². The van der Waals surface area contributed by atoms with Crippen molar-refractivity contribution in [2.45, 2.75) is 31.6 Å². The molecule has 1 fully saturated rings. The van der Waals surface area contributed by atoms with E-state index in [9.17, 15) is 18.0 Å². The molecule has 3 heterocycles. The van der Waals surface area contributed by atoms with E-state index in [2.05, 4.69) is 20.7 Å². The number of pyridine rings is 2. The first kappa shape index (κ1) is 22.2. The van der Waals surface area contributed by atoms with Gasteiger partial charge in [-0.3, -0.25) is 4.79 Å². The number of halogens is 3. The summed E-state index contributed by atoms with van der Waals surface area (Å²) in [5, 5.41) is 12.0. The maximum Gasteiger partial charge on any atom is 0.433 e. The van der Waals surface area contributed by atoms with Gasteiger partial charge >= 0.3 is 6.18 Å². The fourth-order valence-corrected chi connectivity index (χ4v) is 3.75. The standard InChI is InChI=1S/C22H22F3N5OS/c1-32-12-10-18(14-5-6-14)28-21(31)17-7-8-19(22(23,24)25)29-20(17)26-13-16-4-2-3-15-9-11-27-30(15)16/h2-4,7-12,14,18H,5-6,13H2,1H3,(H,26,29)(H,28,31)/b12-10+/t18-/m1/s1. The predicted molar refractivity (Wildman–Crippen MR) is 118 cm³/mol. The molecule has 1 aliphatic carbocycles.